The van der Waals surface area contributed by atoms with Crippen molar-refractivity contribution in [3.05, 3.63) is 0 Å². The number of hydrogen-bond donors (Lipinski definition) is 28. The molecule has 23 aliphatic rings. The summed E-state index contributed by atoms with van der Waals surface area (Å²) in [5.74, 6) is 0. The van der Waals surface area contributed by atoms with Gasteiger partial charge in [0, 0.05) is 13.1 Å². The number of aliphatic hydroxyl groups is 27. The third-order valence-corrected chi connectivity index (χ3v) is 19.1. The van der Waals surface area contributed by atoms with E-state index in [2.05, 4.69) is 5.32 Å². The van der Waals surface area contributed by atoms with Gasteiger partial charge in [0.25, 0.3) is 0 Å². The van der Waals surface area contributed by atoms with Crippen molar-refractivity contribution >= 4 is 0 Å². The monoisotopic (exact) mass is 1460 g/mol. The van der Waals surface area contributed by atoms with Crippen LogP contribution in [-0.2, 0) is 80.5 Å². The molecule has 23 aliphatic heterocycles. The lowest BCUT2D eigenvalue weighted by Crippen LogP contribution is -2.68. The van der Waals surface area contributed by atoms with Gasteiger partial charge in [-0.3, -0.25) is 0 Å². The average Bonchev–Trinajstić information content (AvgIpc) is 0.787. The van der Waals surface area contributed by atoms with E-state index in [1.165, 1.54) is 0 Å². The van der Waals surface area contributed by atoms with Crippen LogP contribution in [0, 0.1) is 0 Å². The number of rotatable bonds is 13. The first-order chi connectivity index (χ1) is 47.1. The topological polar surface area (TPSA) is 715 Å². The highest BCUT2D eigenvalue weighted by Crippen LogP contribution is 2.40. The lowest BCUT2D eigenvalue weighted by molar-refractivity contribution is -0.396. The second-order valence-electron chi connectivity index (χ2n) is 25.5. The largest absolute Gasteiger partial charge is 0.394 e. The quantitative estimate of drug-likeness (QED) is 0.0814. The Morgan fingerprint density at radius 3 is 0.707 bits per heavy atom. The second kappa shape index (κ2) is 34.0. The number of aliphatic hydroxyl groups excluding tert-OH is 27. The molecule has 0 aromatic rings. The molecule has 45 heteroatoms. The van der Waals surface area contributed by atoms with Crippen LogP contribution in [0.2, 0.25) is 0 Å². The molecule has 23 rings (SSSR count). The lowest BCUT2D eigenvalue weighted by atomic mass is 9.95. The van der Waals surface area contributed by atoms with Crippen molar-refractivity contribution in [1.29, 1.82) is 0 Å². The van der Waals surface area contributed by atoms with Gasteiger partial charge in [0.1, 0.15) is 220 Å². The summed E-state index contributed by atoms with van der Waals surface area (Å²) in [6.07, 6.45) is -92.9. The molecular weight excluding hydrogens is 1370 g/mol. The van der Waals surface area contributed by atoms with Gasteiger partial charge >= 0.3 is 0 Å². The van der Waals surface area contributed by atoms with Crippen LogP contribution in [0.5, 0.6) is 0 Å². The van der Waals surface area contributed by atoms with E-state index in [0.717, 1.165) is 0 Å². The maximum absolute atomic E-state index is 12.0. The van der Waals surface area contributed by atoms with E-state index in [4.69, 9.17) is 80.5 Å². The van der Waals surface area contributed by atoms with E-state index >= 15 is 0 Å². The summed E-state index contributed by atoms with van der Waals surface area (Å²) in [6.45, 7) is -8.99. The van der Waals surface area contributed by atoms with Crippen molar-refractivity contribution in [2.24, 2.45) is 0 Å². The number of hydrogen-bond acceptors (Lipinski definition) is 45. The van der Waals surface area contributed by atoms with Crippen LogP contribution in [0.15, 0.2) is 0 Å². The molecule has 23 fully saturated rings. The summed E-state index contributed by atoms with van der Waals surface area (Å²) < 4.78 is 97.6. The minimum absolute atomic E-state index is 0.637. The predicted octanol–water partition coefficient (Wildman–Crippen LogP) is -20.0. The second-order valence-corrected chi connectivity index (χ2v) is 25.5. The average molecular weight is 1460 g/mol. The molecule has 0 spiro atoms. The molecule has 28 N–H and O–H groups in total. The first-order valence-electron chi connectivity index (χ1n) is 31.8. The van der Waals surface area contributed by atoms with Crippen molar-refractivity contribution in [3.63, 3.8) is 0 Å². The molecule has 45 atom stereocenters. The Morgan fingerprint density at radius 1 is 0.202 bits per heavy atom. The molecular formula is C54H91NO44. The molecule has 99 heavy (non-hydrogen) atoms. The van der Waals surface area contributed by atoms with Gasteiger partial charge in [0.05, 0.1) is 46.2 Å². The molecule has 23 saturated heterocycles. The maximum atomic E-state index is 12.0. The van der Waals surface area contributed by atoms with Crippen LogP contribution in [-0.4, -0.2) is 474 Å². The third kappa shape index (κ3) is 16.1. The third-order valence-electron chi connectivity index (χ3n) is 19.1. The maximum Gasteiger partial charge on any atom is 0.187 e. The van der Waals surface area contributed by atoms with Gasteiger partial charge < -0.3 is 224 Å². The fourth-order valence-electron chi connectivity index (χ4n) is 13.4. The van der Waals surface area contributed by atoms with Gasteiger partial charge in [0.2, 0.25) is 0 Å². The van der Waals surface area contributed by atoms with Gasteiger partial charge in [-0.25, -0.2) is 0 Å². The molecule has 45 nitrogen and oxygen atoms in total. The fourth-order valence-corrected chi connectivity index (χ4v) is 13.4. The Balaban J connectivity index is 0.932. The fraction of sp³-hybridized carbons (Fsp3) is 1.00. The molecule has 23 heterocycles. The van der Waals surface area contributed by atoms with Crippen LogP contribution in [0.25, 0.3) is 0 Å². The molecule has 1 unspecified atom stereocenters. The highest BCUT2D eigenvalue weighted by atomic mass is 16.8. The van der Waals surface area contributed by atoms with Crippen LogP contribution >= 0.6 is 0 Å². The Kier molecular flexibility index (Phi) is 27.4. The summed E-state index contributed by atoms with van der Waals surface area (Å²) >= 11 is 0. The normalized spacial score (nSPS) is 55.1. The van der Waals surface area contributed by atoms with E-state index in [0.29, 0.717) is 0 Å². The summed E-state index contributed by atoms with van der Waals surface area (Å²) in [5.41, 5.74) is 0. The summed E-state index contributed by atoms with van der Waals surface area (Å²) in [5, 5.41) is 302. The standard InChI is InChI=1S/C54H91NO44/c56-3-12-39(21(65)29(73)46(82)83-12)93-47-30(74)20(64)19(63)10(84-47)1-55-2-11-38-22(66)31(75)48(85-11)94-40-13(4-57)87-50(33(77)24(40)68)96-42-15(6-59)89-52(35(79)26(42)70)98-44-17(8-61)91-54(37(81)28(44)72)99-45-18(9-62)90-53(36(80)27(45)71)97-43-16(7-60)88-51(34(78)25(43)69)95-41-14(5-58)86-49(92-38)32(76)23(41)67/h10-82H,1-9H2/t10-,11-,12-,13-,14-,15-,16-,17-,18-,19+,20+,21-,22-,23-,24-,25-,26-,27-,28-,29-,30-,31-,32-,33-,34-,35-,36-,37-,38-,39-,40-,41-,42-,43-,44-,45-,46?,47+,48-,49-,50-,51-,52-,53-,54-/m1/s1. The summed E-state index contributed by atoms with van der Waals surface area (Å²) in [7, 11) is 0. The van der Waals surface area contributed by atoms with E-state index < -0.39 is 336 Å². The van der Waals surface area contributed by atoms with Gasteiger partial charge in [0.15, 0.2) is 56.6 Å². The Bertz CT molecular complexity index is 2460. The van der Waals surface area contributed by atoms with E-state index in [1.54, 1.807) is 0 Å². The van der Waals surface area contributed by atoms with E-state index in [1.807, 2.05) is 0 Å². The zero-order valence-electron chi connectivity index (χ0n) is 51.9. The van der Waals surface area contributed by atoms with Gasteiger partial charge in [-0.15, -0.1) is 0 Å². The summed E-state index contributed by atoms with van der Waals surface area (Å²) in [4.78, 5) is 0. The number of ether oxygens (including phenoxy) is 17. The molecule has 0 radical (unpaired) electrons. The lowest BCUT2D eigenvalue weighted by Gasteiger charge is -2.50. The molecule has 0 aromatic heterocycles. The van der Waals surface area contributed by atoms with Crippen LogP contribution < -0.4 is 5.32 Å². The molecule has 14 bridgehead atoms. The highest BCUT2D eigenvalue weighted by Gasteiger charge is 2.61. The van der Waals surface area contributed by atoms with Crippen LogP contribution in [0.4, 0.5) is 0 Å². The summed E-state index contributed by atoms with van der Waals surface area (Å²) in [6, 6.07) is 0. The number of nitrogens with one attached hydrogen (secondary N) is 1. The highest BCUT2D eigenvalue weighted by molar-refractivity contribution is 5.03. The SMILES string of the molecule is OC[C@H]1O[C@@H]2O[C@H]3[C@H](O)[C@@H](O)[C@@H](O[C@H]4[C@H](O)[C@@H](O)[C@@H](O[C@H]5[C@H](O)[C@@H](O)[C@@H](O[C@H]6[C@H](O)[C@@H](O)[C@@H](O[C@H]7[C@H](O)[C@@H](O)[C@@H](O[C@H]8[C@H](O)[C@@H](O)[C@@H](O[C@H]1[C@H](O)[C@H]2O)O[C@@H]8CO)O[C@@H]7CO)O[C@@H]6CO)O[C@@H]5CNC[C@H]1O[C@@H](O[C@H]2[C@H](O)[C@@H](O)C(O)O[C@@H]2CO)[C@H](O)[C@@H](O)[C@H]1O)O[C@@H]4CO)O[C@@H]3CO. The van der Waals surface area contributed by atoms with Crippen molar-refractivity contribution in [2.75, 3.05) is 59.3 Å². The smallest absolute Gasteiger partial charge is 0.187 e. The molecule has 0 aromatic carbocycles. The van der Waals surface area contributed by atoms with Gasteiger partial charge in [-0.2, -0.15) is 0 Å². The Labute approximate surface area is 558 Å². The first kappa shape index (κ1) is 79.8. The Morgan fingerprint density at radius 2 is 0.444 bits per heavy atom. The van der Waals surface area contributed by atoms with Crippen molar-refractivity contribution in [2.45, 2.75) is 276 Å². The first-order valence-corrected chi connectivity index (χ1v) is 31.8. The van der Waals surface area contributed by atoms with Crippen LogP contribution in [0.3, 0.4) is 0 Å². The predicted molar refractivity (Wildman–Crippen MR) is 296 cm³/mol. The van der Waals surface area contributed by atoms with Gasteiger partial charge in [-0.05, 0) is 0 Å². The molecule has 0 saturated carbocycles. The molecule has 576 valence electrons. The zero-order valence-corrected chi connectivity index (χ0v) is 51.9. The van der Waals surface area contributed by atoms with Crippen molar-refractivity contribution in [3.8, 4) is 0 Å². The van der Waals surface area contributed by atoms with Crippen molar-refractivity contribution < 1.29 is 218 Å². The van der Waals surface area contributed by atoms with Crippen molar-refractivity contribution in [1.82, 2.24) is 5.32 Å². The molecule has 0 amide bonds. The van der Waals surface area contributed by atoms with E-state index in [9.17, 15) is 138 Å². The van der Waals surface area contributed by atoms with Crippen LogP contribution in [0.1, 0.15) is 0 Å². The minimum Gasteiger partial charge on any atom is -0.394 e. The minimum atomic E-state index is -2.37. The van der Waals surface area contributed by atoms with Gasteiger partial charge in [-0.1, -0.05) is 0 Å². The molecule has 0 aliphatic carbocycles. The van der Waals surface area contributed by atoms with E-state index in [-0.39, 0.29) is 0 Å². The zero-order chi connectivity index (χ0) is 72.1. The Hall–Kier alpha value is -1.80.